The summed E-state index contributed by atoms with van der Waals surface area (Å²) in [4.78, 5) is 19.8. The van der Waals surface area contributed by atoms with Crippen LogP contribution in [0, 0.1) is 13.8 Å². The zero-order chi connectivity index (χ0) is 20.7. The summed E-state index contributed by atoms with van der Waals surface area (Å²) in [5.74, 6) is 0.748. The summed E-state index contributed by atoms with van der Waals surface area (Å²) in [6.45, 7) is 8.34. The van der Waals surface area contributed by atoms with E-state index >= 15 is 0 Å². The van der Waals surface area contributed by atoms with E-state index in [9.17, 15) is 4.79 Å². The quantitative estimate of drug-likeness (QED) is 0.686. The third-order valence-corrected chi connectivity index (χ3v) is 5.80. The average Bonchev–Trinajstić information content (AvgIpc) is 3.18. The summed E-state index contributed by atoms with van der Waals surface area (Å²) in [7, 11) is 0. The number of fused-ring (bicyclic) bond motifs is 2. The molecule has 4 heterocycles. The maximum atomic E-state index is 12.9. The van der Waals surface area contributed by atoms with Gasteiger partial charge in [-0.15, -0.1) is 0 Å². The molecule has 156 valence electrons. The van der Waals surface area contributed by atoms with Gasteiger partial charge in [0, 0.05) is 49.3 Å². The lowest BCUT2D eigenvalue weighted by molar-refractivity contribution is 0.0917. The third-order valence-electron chi connectivity index (χ3n) is 5.80. The number of aromatic nitrogens is 3. The standard InChI is InChI=1S/C22H26N6O2/c1-14-9-15(2)28-21(25-14)19(12-24-28)22(29)26-17-10-16-3-4-18(11-20(16)30-13-17)27-7-5-23-6-8-27/h3-4,9,11-12,17,23H,5-8,10,13H2,1-2H3,(H,26,29)/t17-/m1/s1. The zero-order valence-corrected chi connectivity index (χ0v) is 17.3. The van der Waals surface area contributed by atoms with E-state index in [4.69, 9.17) is 4.74 Å². The van der Waals surface area contributed by atoms with E-state index in [2.05, 4.69) is 43.8 Å². The average molecular weight is 406 g/mol. The van der Waals surface area contributed by atoms with Crippen molar-refractivity contribution >= 4 is 17.2 Å². The number of carbonyl (C=O) groups is 1. The fourth-order valence-corrected chi connectivity index (χ4v) is 4.27. The van der Waals surface area contributed by atoms with E-state index in [-0.39, 0.29) is 11.9 Å². The highest BCUT2D eigenvalue weighted by atomic mass is 16.5. The van der Waals surface area contributed by atoms with Crippen LogP contribution in [0.1, 0.15) is 27.3 Å². The molecule has 0 aliphatic carbocycles. The number of rotatable bonds is 3. The molecule has 2 aromatic heterocycles. The van der Waals surface area contributed by atoms with Crippen molar-refractivity contribution in [1.29, 1.82) is 0 Å². The molecule has 8 heteroatoms. The molecule has 1 atom stereocenters. The van der Waals surface area contributed by atoms with Crippen LogP contribution in [0.4, 0.5) is 5.69 Å². The minimum Gasteiger partial charge on any atom is -0.491 e. The molecule has 0 bridgehead atoms. The van der Waals surface area contributed by atoms with Crippen LogP contribution >= 0.6 is 0 Å². The van der Waals surface area contributed by atoms with Gasteiger partial charge < -0.3 is 20.3 Å². The Kier molecular flexibility index (Phi) is 4.78. The molecule has 1 fully saturated rings. The largest absolute Gasteiger partial charge is 0.491 e. The Bertz CT molecular complexity index is 1100. The first-order chi connectivity index (χ1) is 14.6. The topological polar surface area (TPSA) is 83.8 Å². The van der Waals surface area contributed by atoms with Gasteiger partial charge in [-0.05, 0) is 38.0 Å². The number of ether oxygens (including phenoxy) is 1. The predicted molar refractivity (Wildman–Crippen MR) is 114 cm³/mol. The molecule has 2 aliphatic rings. The molecule has 3 aromatic rings. The van der Waals surface area contributed by atoms with E-state index in [1.807, 2.05) is 19.9 Å². The highest BCUT2D eigenvalue weighted by molar-refractivity contribution is 5.99. The first-order valence-electron chi connectivity index (χ1n) is 10.4. The zero-order valence-electron chi connectivity index (χ0n) is 17.3. The first kappa shape index (κ1) is 18.9. The van der Waals surface area contributed by atoms with Crippen molar-refractivity contribution in [3.8, 4) is 5.75 Å². The van der Waals surface area contributed by atoms with Gasteiger partial charge in [-0.25, -0.2) is 9.50 Å². The van der Waals surface area contributed by atoms with Crippen LogP contribution < -0.4 is 20.3 Å². The molecule has 0 unspecified atom stereocenters. The lowest BCUT2D eigenvalue weighted by Crippen LogP contribution is -2.44. The fourth-order valence-electron chi connectivity index (χ4n) is 4.27. The number of benzene rings is 1. The Labute approximate surface area is 175 Å². The number of piperazine rings is 1. The number of nitrogens with one attached hydrogen (secondary N) is 2. The summed E-state index contributed by atoms with van der Waals surface area (Å²) >= 11 is 0. The lowest BCUT2D eigenvalue weighted by Gasteiger charge is -2.31. The molecule has 8 nitrogen and oxygen atoms in total. The number of anilines is 1. The van der Waals surface area contributed by atoms with Gasteiger partial charge in [-0.1, -0.05) is 6.07 Å². The second-order valence-electron chi connectivity index (χ2n) is 8.05. The number of hydrogen-bond donors (Lipinski definition) is 2. The molecule has 2 aliphatic heterocycles. The lowest BCUT2D eigenvalue weighted by atomic mass is 10.0. The number of hydrogen-bond acceptors (Lipinski definition) is 6. The van der Waals surface area contributed by atoms with Crippen LogP contribution in [0.5, 0.6) is 5.75 Å². The highest BCUT2D eigenvalue weighted by Gasteiger charge is 2.25. The maximum Gasteiger partial charge on any atom is 0.257 e. The molecule has 1 amide bonds. The second kappa shape index (κ2) is 7.60. The number of carbonyl (C=O) groups excluding carboxylic acids is 1. The van der Waals surface area contributed by atoms with Gasteiger partial charge in [0.05, 0.1) is 12.2 Å². The monoisotopic (exact) mass is 406 g/mol. The Hall–Kier alpha value is -3.13. The van der Waals surface area contributed by atoms with E-state index in [0.717, 1.165) is 55.3 Å². The van der Waals surface area contributed by atoms with Crippen molar-refractivity contribution in [3.63, 3.8) is 0 Å². The van der Waals surface area contributed by atoms with Crippen LogP contribution in [-0.4, -0.2) is 59.3 Å². The van der Waals surface area contributed by atoms with Crippen LogP contribution in [0.2, 0.25) is 0 Å². The van der Waals surface area contributed by atoms with Crippen LogP contribution in [-0.2, 0) is 6.42 Å². The maximum absolute atomic E-state index is 12.9. The molecule has 30 heavy (non-hydrogen) atoms. The molecule has 5 rings (SSSR count). The van der Waals surface area contributed by atoms with Gasteiger partial charge in [0.1, 0.15) is 17.9 Å². The van der Waals surface area contributed by atoms with E-state index in [0.29, 0.717) is 17.8 Å². The summed E-state index contributed by atoms with van der Waals surface area (Å²) in [6, 6.07) is 8.25. The molecule has 0 spiro atoms. The first-order valence-corrected chi connectivity index (χ1v) is 10.4. The predicted octanol–water partition coefficient (Wildman–Crippen LogP) is 1.49. The van der Waals surface area contributed by atoms with Crippen molar-refractivity contribution in [2.45, 2.75) is 26.3 Å². The molecular weight excluding hydrogens is 380 g/mol. The number of aryl methyl sites for hydroxylation is 2. The Morgan fingerprint density at radius 2 is 2.07 bits per heavy atom. The van der Waals surface area contributed by atoms with Crippen molar-refractivity contribution in [1.82, 2.24) is 25.2 Å². The van der Waals surface area contributed by atoms with Gasteiger partial charge in [-0.3, -0.25) is 4.79 Å². The Morgan fingerprint density at radius 3 is 2.90 bits per heavy atom. The number of nitrogens with zero attached hydrogens (tertiary/aromatic N) is 4. The summed E-state index contributed by atoms with van der Waals surface area (Å²) < 4.78 is 7.72. The molecule has 0 saturated carbocycles. The van der Waals surface area contributed by atoms with Crippen molar-refractivity contribution in [3.05, 3.63) is 53.0 Å². The van der Waals surface area contributed by atoms with Crippen molar-refractivity contribution < 1.29 is 9.53 Å². The van der Waals surface area contributed by atoms with Gasteiger partial charge in [0.15, 0.2) is 5.65 Å². The normalized spacial score (nSPS) is 18.7. The molecule has 2 N–H and O–H groups in total. The van der Waals surface area contributed by atoms with Gasteiger partial charge in [0.2, 0.25) is 0 Å². The van der Waals surface area contributed by atoms with Crippen LogP contribution in [0.3, 0.4) is 0 Å². The Balaban J connectivity index is 1.30. The SMILES string of the molecule is Cc1cc(C)n2ncc(C(=O)N[C@H]3COc4cc(N5CCNCC5)ccc4C3)c2n1. The van der Waals surface area contributed by atoms with E-state index in [1.165, 1.54) is 5.69 Å². The van der Waals surface area contributed by atoms with Crippen LogP contribution in [0.15, 0.2) is 30.5 Å². The Morgan fingerprint density at radius 1 is 1.23 bits per heavy atom. The molecule has 1 aromatic carbocycles. The molecule has 1 saturated heterocycles. The van der Waals surface area contributed by atoms with E-state index in [1.54, 1.807) is 10.7 Å². The van der Waals surface area contributed by atoms with Crippen molar-refractivity contribution in [2.24, 2.45) is 0 Å². The van der Waals surface area contributed by atoms with Gasteiger partial charge in [-0.2, -0.15) is 5.10 Å². The van der Waals surface area contributed by atoms with Crippen molar-refractivity contribution in [2.75, 3.05) is 37.7 Å². The minimum atomic E-state index is -0.169. The summed E-state index contributed by atoms with van der Waals surface area (Å²) in [5, 5.41) is 10.8. The van der Waals surface area contributed by atoms with Gasteiger partial charge >= 0.3 is 0 Å². The fraction of sp³-hybridized carbons (Fsp3) is 0.409. The number of amides is 1. The van der Waals surface area contributed by atoms with Crippen LogP contribution in [0.25, 0.3) is 5.65 Å². The minimum absolute atomic E-state index is 0.0871. The third kappa shape index (κ3) is 3.47. The molecule has 0 radical (unpaired) electrons. The molecular formula is C22H26N6O2. The second-order valence-corrected chi connectivity index (χ2v) is 8.05. The smallest absolute Gasteiger partial charge is 0.257 e. The summed E-state index contributed by atoms with van der Waals surface area (Å²) in [5.41, 5.74) is 5.21. The summed E-state index contributed by atoms with van der Waals surface area (Å²) in [6.07, 6.45) is 2.33. The van der Waals surface area contributed by atoms with Gasteiger partial charge in [0.25, 0.3) is 5.91 Å². The highest BCUT2D eigenvalue weighted by Crippen LogP contribution is 2.30. The van der Waals surface area contributed by atoms with E-state index < -0.39 is 0 Å².